The monoisotopic (exact) mass is 373 g/mol. The summed E-state index contributed by atoms with van der Waals surface area (Å²) in [6.45, 7) is 0.361. The molecule has 2 heterocycles. The molecule has 0 saturated heterocycles. The number of aromatic nitrogens is 3. The van der Waals surface area contributed by atoms with Crippen molar-refractivity contribution in [1.82, 2.24) is 20.3 Å². The van der Waals surface area contributed by atoms with Crippen molar-refractivity contribution in [3.8, 4) is 0 Å². The molecule has 0 aliphatic rings. The lowest BCUT2D eigenvalue weighted by atomic mass is 10.2. The molecular formula is C17H13Cl2N5O. The van der Waals surface area contributed by atoms with Crippen molar-refractivity contribution in [1.29, 1.82) is 0 Å². The average molecular weight is 374 g/mol. The van der Waals surface area contributed by atoms with E-state index in [1.165, 1.54) is 12.4 Å². The first kappa shape index (κ1) is 17.1. The summed E-state index contributed by atoms with van der Waals surface area (Å²) >= 11 is 12.1. The predicted molar refractivity (Wildman–Crippen MR) is 97.2 cm³/mol. The summed E-state index contributed by atoms with van der Waals surface area (Å²) in [4.78, 5) is 24.3. The first-order valence-corrected chi connectivity index (χ1v) is 8.09. The van der Waals surface area contributed by atoms with Crippen molar-refractivity contribution < 1.29 is 4.79 Å². The number of carbonyl (C=O) groups excluding carboxylic acids is 1. The predicted octanol–water partition coefficient (Wildman–Crippen LogP) is 3.85. The van der Waals surface area contributed by atoms with Crippen LogP contribution in [0.4, 0.5) is 11.5 Å². The Balaban J connectivity index is 1.70. The number of nitrogens with zero attached hydrogens (tertiary/aromatic N) is 3. The minimum absolute atomic E-state index is 0.236. The number of amides is 1. The number of rotatable bonds is 5. The summed E-state index contributed by atoms with van der Waals surface area (Å²) in [6.07, 6.45) is 4.67. The molecule has 0 fully saturated rings. The van der Waals surface area contributed by atoms with Gasteiger partial charge < -0.3 is 10.6 Å². The number of benzene rings is 1. The highest BCUT2D eigenvalue weighted by Gasteiger charge is 2.10. The molecule has 0 radical (unpaired) electrons. The third-order valence-electron chi connectivity index (χ3n) is 3.29. The second-order valence-corrected chi connectivity index (χ2v) is 5.84. The molecule has 126 valence electrons. The molecule has 0 unspecified atom stereocenters. The van der Waals surface area contributed by atoms with E-state index in [2.05, 4.69) is 25.6 Å². The van der Waals surface area contributed by atoms with E-state index >= 15 is 0 Å². The van der Waals surface area contributed by atoms with Gasteiger partial charge in [-0.25, -0.2) is 9.97 Å². The smallest absolute Gasteiger partial charge is 0.270 e. The van der Waals surface area contributed by atoms with Crippen LogP contribution in [0.5, 0.6) is 0 Å². The first-order valence-electron chi connectivity index (χ1n) is 7.33. The van der Waals surface area contributed by atoms with E-state index < -0.39 is 0 Å². The van der Waals surface area contributed by atoms with Crippen LogP contribution < -0.4 is 10.6 Å². The van der Waals surface area contributed by atoms with E-state index in [0.29, 0.717) is 28.1 Å². The Labute approximate surface area is 154 Å². The average Bonchev–Trinajstić information content (AvgIpc) is 2.64. The molecule has 1 aromatic carbocycles. The number of anilines is 2. The maximum atomic E-state index is 12.2. The second kappa shape index (κ2) is 7.92. The van der Waals surface area contributed by atoms with E-state index in [1.54, 1.807) is 30.6 Å². The molecule has 2 aromatic heterocycles. The molecule has 3 aromatic rings. The molecule has 25 heavy (non-hydrogen) atoms. The van der Waals surface area contributed by atoms with E-state index in [9.17, 15) is 4.79 Å². The molecular weight excluding hydrogens is 361 g/mol. The normalized spacial score (nSPS) is 10.3. The van der Waals surface area contributed by atoms with Crippen molar-refractivity contribution in [2.45, 2.75) is 6.54 Å². The van der Waals surface area contributed by atoms with Gasteiger partial charge in [0.2, 0.25) is 0 Å². The fraction of sp³-hybridized carbons (Fsp3) is 0.0588. The van der Waals surface area contributed by atoms with Crippen LogP contribution in [0, 0.1) is 0 Å². The number of halogens is 2. The molecule has 8 heteroatoms. The van der Waals surface area contributed by atoms with Crippen molar-refractivity contribution in [2.24, 2.45) is 0 Å². The van der Waals surface area contributed by atoms with Gasteiger partial charge in [-0.1, -0.05) is 35.3 Å². The van der Waals surface area contributed by atoms with Crippen LogP contribution in [0.1, 0.15) is 16.1 Å². The van der Waals surface area contributed by atoms with E-state index in [0.717, 1.165) is 5.56 Å². The van der Waals surface area contributed by atoms with Crippen molar-refractivity contribution in [2.75, 3.05) is 5.32 Å². The summed E-state index contributed by atoms with van der Waals surface area (Å²) in [6, 6.07) is 10.4. The molecule has 0 aliphatic heterocycles. The third-order valence-corrected chi connectivity index (χ3v) is 4.11. The molecule has 0 atom stereocenters. The van der Waals surface area contributed by atoms with Gasteiger partial charge in [-0.15, -0.1) is 0 Å². The van der Waals surface area contributed by atoms with E-state index in [4.69, 9.17) is 23.2 Å². The highest BCUT2D eigenvalue weighted by molar-refractivity contribution is 6.43. The summed E-state index contributed by atoms with van der Waals surface area (Å²) < 4.78 is 0. The molecule has 0 saturated carbocycles. The number of pyridine rings is 1. The molecule has 6 nitrogen and oxygen atoms in total. The standard InChI is InChI=1S/C17H13Cl2N5O/c18-12-4-1-5-13(16(12)19)24-15-7-14(22-10-23-15)17(25)21-9-11-3-2-6-20-8-11/h1-8,10H,9H2,(H,21,25)(H,22,23,24). The molecule has 0 spiro atoms. The van der Waals surface area contributed by atoms with Gasteiger partial charge >= 0.3 is 0 Å². The molecule has 3 rings (SSSR count). The lowest BCUT2D eigenvalue weighted by molar-refractivity contribution is 0.0946. The lowest BCUT2D eigenvalue weighted by Gasteiger charge is -2.09. The van der Waals surface area contributed by atoms with Gasteiger partial charge in [0, 0.05) is 25.0 Å². The third kappa shape index (κ3) is 4.43. The fourth-order valence-electron chi connectivity index (χ4n) is 2.06. The minimum Gasteiger partial charge on any atom is -0.347 e. The lowest BCUT2D eigenvalue weighted by Crippen LogP contribution is -2.24. The SMILES string of the molecule is O=C(NCc1cccnc1)c1cc(Nc2cccc(Cl)c2Cl)ncn1. The molecule has 0 bridgehead atoms. The zero-order valence-corrected chi connectivity index (χ0v) is 14.4. The van der Waals surface area contributed by atoms with Gasteiger partial charge in [0.15, 0.2) is 0 Å². The van der Waals surface area contributed by atoms with Crippen LogP contribution in [-0.4, -0.2) is 20.9 Å². The number of nitrogens with one attached hydrogen (secondary N) is 2. The van der Waals surface area contributed by atoms with Crippen molar-refractivity contribution in [3.05, 3.63) is 76.4 Å². The Morgan fingerprint density at radius 3 is 2.80 bits per heavy atom. The highest BCUT2D eigenvalue weighted by atomic mass is 35.5. The number of hydrogen-bond acceptors (Lipinski definition) is 5. The molecule has 0 aliphatic carbocycles. The first-order chi connectivity index (χ1) is 12.1. The maximum Gasteiger partial charge on any atom is 0.270 e. The largest absolute Gasteiger partial charge is 0.347 e. The highest BCUT2D eigenvalue weighted by Crippen LogP contribution is 2.31. The fourth-order valence-corrected chi connectivity index (χ4v) is 2.41. The Morgan fingerprint density at radius 1 is 1.12 bits per heavy atom. The van der Waals surface area contributed by atoms with Crippen LogP contribution in [0.3, 0.4) is 0 Å². The van der Waals surface area contributed by atoms with Crippen LogP contribution >= 0.6 is 23.2 Å². The summed E-state index contributed by atoms with van der Waals surface area (Å²) in [7, 11) is 0. The Bertz CT molecular complexity index is 889. The Kier molecular flexibility index (Phi) is 5.42. The maximum absolute atomic E-state index is 12.2. The zero-order chi connectivity index (χ0) is 17.6. The van der Waals surface area contributed by atoms with E-state index in [1.807, 2.05) is 12.1 Å². The van der Waals surface area contributed by atoms with Gasteiger partial charge in [0.05, 0.1) is 15.7 Å². The van der Waals surface area contributed by atoms with Gasteiger partial charge in [-0.2, -0.15) is 0 Å². The van der Waals surface area contributed by atoms with Crippen LogP contribution in [0.25, 0.3) is 0 Å². The summed E-state index contributed by atoms with van der Waals surface area (Å²) in [5.41, 5.74) is 1.73. The van der Waals surface area contributed by atoms with Gasteiger partial charge in [0.25, 0.3) is 5.91 Å². The van der Waals surface area contributed by atoms with E-state index in [-0.39, 0.29) is 11.6 Å². The minimum atomic E-state index is -0.313. The van der Waals surface area contributed by atoms with Gasteiger partial charge in [-0.3, -0.25) is 9.78 Å². The summed E-state index contributed by atoms with van der Waals surface area (Å²) in [5.74, 6) is 0.122. The molecule has 1 amide bonds. The van der Waals surface area contributed by atoms with Crippen LogP contribution in [0.2, 0.25) is 10.0 Å². The van der Waals surface area contributed by atoms with Crippen molar-refractivity contribution >= 4 is 40.6 Å². The van der Waals surface area contributed by atoms with Gasteiger partial charge in [0.1, 0.15) is 17.8 Å². The number of carbonyl (C=O) groups is 1. The Morgan fingerprint density at radius 2 is 2.00 bits per heavy atom. The number of hydrogen-bond donors (Lipinski definition) is 2. The van der Waals surface area contributed by atoms with Crippen LogP contribution in [-0.2, 0) is 6.54 Å². The van der Waals surface area contributed by atoms with Crippen LogP contribution in [0.15, 0.2) is 55.1 Å². The second-order valence-electron chi connectivity index (χ2n) is 5.06. The van der Waals surface area contributed by atoms with Gasteiger partial charge in [-0.05, 0) is 23.8 Å². The van der Waals surface area contributed by atoms with Crippen molar-refractivity contribution in [3.63, 3.8) is 0 Å². The molecule has 2 N–H and O–H groups in total. The quantitative estimate of drug-likeness (QED) is 0.709. The topological polar surface area (TPSA) is 79.8 Å². The summed E-state index contributed by atoms with van der Waals surface area (Å²) in [5, 5.41) is 6.61. The zero-order valence-electron chi connectivity index (χ0n) is 12.9. The Hall–Kier alpha value is -2.70.